The van der Waals surface area contributed by atoms with Gasteiger partial charge in [-0.05, 0) is 29.8 Å². The van der Waals surface area contributed by atoms with Crippen LogP contribution in [0.2, 0.25) is 0 Å². The van der Waals surface area contributed by atoms with Crippen LogP contribution in [0.15, 0.2) is 36.7 Å². The number of halogens is 3. The summed E-state index contributed by atoms with van der Waals surface area (Å²) >= 11 is 0. The quantitative estimate of drug-likeness (QED) is 0.909. The molecule has 19 heavy (non-hydrogen) atoms. The van der Waals surface area contributed by atoms with Crippen LogP contribution < -0.4 is 0 Å². The molecule has 0 aliphatic carbocycles. The highest BCUT2D eigenvalue weighted by Gasteiger charge is 2.33. The minimum Gasteiger partial charge on any atom is -0.476 e. The zero-order chi connectivity index (χ0) is 14.0. The molecule has 0 fully saturated rings. The topological polar surface area (TPSA) is 63.1 Å². The van der Waals surface area contributed by atoms with Gasteiger partial charge in [0.1, 0.15) is 5.69 Å². The number of aromatic nitrogens is 2. The van der Waals surface area contributed by atoms with Gasteiger partial charge in [-0.25, -0.2) is 9.78 Å². The van der Waals surface area contributed by atoms with Gasteiger partial charge in [-0.2, -0.15) is 13.2 Å². The van der Waals surface area contributed by atoms with Gasteiger partial charge in [0.15, 0.2) is 5.69 Å². The van der Waals surface area contributed by atoms with E-state index < -0.39 is 23.5 Å². The number of carboxylic acids is 1. The molecule has 0 aliphatic rings. The van der Waals surface area contributed by atoms with E-state index in [9.17, 15) is 18.0 Å². The van der Waals surface area contributed by atoms with Crippen molar-refractivity contribution in [1.82, 2.24) is 9.97 Å². The van der Waals surface area contributed by atoms with Crippen LogP contribution in [-0.2, 0) is 6.18 Å². The number of alkyl halides is 3. The molecule has 98 valence electrons. The molecule has 0 bridgehead atoms. The Labute approximate surface area is 105 Å². The van der Waals surface area contributed by atoms with E-state index >= 15 is 0 Å². The van der Waals surface area contributed by atoms with Gasteiger partial charge >= 0.3 is 12.1 Å². The molecule has 0 saturated carbocycles. The molecule has 0 amide bonds. The molecule has 2 rings (SSSR count). The summed E-state index contributed by atoms with van der Waals surface area (Å²) in [5.41, 5.74) is -1.32. The summed E-state index contributed by atoms with van der Waals surface area (Å²) in [7, 11) is 0. The molecule has 0 unspecified atom stereocenters. The predicted octanol–water partition coefficient (Wildman–Crippen LogP) is 2.86. The zero-order valence-electron chi connectivity index (χ0n) is 9.35. The first-order valence-electron chi connectivity index (χ1n) is 5.11. The second-order valence-corrected chi connectivity index (χ2v) is 3.63. The van der Waals surface area contributed by atoms with Crippen molar-refractivity contribution in [3.05, 3.63) is 48.0 Å². The first-order chi connectivity index (χ1) is 8.89. The highest BCUT2D eigenvalue weighted by atomic mass is 19.4. The van der Waals surface area contributed by atoms with Crippen LogP contribution >= 0.6 is 0 Å². The third-order valence-corrected chi connectivity index (χ3v) is 2.38. The molecule has 0 aliphatic heterocycles. The van der Waals surface area contributed by atoms with Crippen LogP contribution in [-0.4, -0.2) is 21.0 Å². The Hall–Kier alpha value is -2.44. The van der Waals surface area contributed by atoms with Gasteiger partial charge in [0.05, 0.1) is 0 Å². The Kier molecular flexibility index (Phi) is 3.20. The number of hydrogen-bond donors (Lipinski definition) is 1. The van der Waals surface area contributed by atoms with Crippen LogP contribution in [0.5, 0.6) is 0 Å². The summed E-state index contributed by atoms with van der Waals surface area (Å²) < 4.78 is 37.5. The smallest absolute Gasteiger partial charge is 0.433 e. The highest BCUT2D eigenvalue weighted by molar-refractivity contribution is 5.93. The fourth-order valence-corrected chi connectivity index (χ4v) is 1.54. The van der Waals surface area contributed by atoms with E-state index in [2.05, 4.69) is 9.97 Å². The summed E-state index contributed by atoms with van der Waals surface area (Å²) in [5, 5.41) is 8.97. The Morgan fingerprint density at radius 2 is 1.74 bits per heavy atom. The van der Waals surface area contributed by atoms with Crippen molar-refractivity contribution in [3.8, 4) is 11.1 Å². The van der Waals surface area contributed by atoms with Crippen molar-refractivity contribution in [1.29, 1.82) is 0 Å². The van der Waals surface area contributed by atoms with Gasteiger partial charge in [-0.1, -0.05) is 0 Å². The Morgan fingerprint density at radius 1 is 1.11 bits per heavy atom. The van der Waals surface area contributed by atoms with Gasteiger partial charge in [0, 0.05) is 18.0 Å². The van der Waals surface area contributed by atoms with Gasteiger partial charge in [0.2, 0.25) is 0 Å². The van der Waals surface area contributed by atoms with Crippen LogP contribution in [0.3, 0.4) is 0 Å². The number of carbonyl (C=O) groups is 1. The number of aromatic carboxylic acids is 1. The third-order valence-electron chi connectivity index (χ3n) is 2.38. The lowest BCUT2D eigenvalue weighted by Crippen LogP contribution is -2.12. The van der Waals surface area contributed by atoms with Gasteiger partial charge in [-0.3, -0.25) is 4.98 Å². The molecular formula is C12H7F3N2O2. The molecule has 0 atom stereocenters. The normalized spacial score (nSPS) is 11.3. The molecule has 4 nitrogen and oxygen atoms in total. The Bertz CT molecular complexity index is 612. The van der Waals surface area contributed by atoms with Crippen molar-refractivity contribution < 1.29 is 23.1 Å². The lowest BCUT2D eigenvalue weighted by Gasteiger charge is -2.10. The Morgan fingerprint density at radius 3 is 2.26 bits per heavy atom. The van der Waals surface area contributed by atoms with Crippen molar-refractivity contribution in [2.45, 2.75) is 6.18 Å². The molecule has 0 aromatic carbocycles. The number of pyridine rings is 2. The molecular weight excluding hydrogens is 261 g/mol. The fourth-order valence-electron chi connectivity index (χ4n) is 1.54. The first-order valence-corrected chi connectivity index (χ1v) is 5.11. The SMILES string of the molecule is O=C(O)c1nc(C(F)(F)F)ccc1-c1ccncc1. The largest absolute Gasteiger partial charge is 0.476 e. The van der Waals surface area contributed by atoms with Crippen molar-refractivity contribution >= 4 is 5.97 Å². The first kappa shape index (κ1) is 13.0. The summed E-state index contributed by atoms with van der Waals surface area (Å²) in [6.07, 6.45) is -1.85. The van der Waals surface area contributed by atoms with Crippen LogP contribution in [0.25, 0.3) is 11.1 Å². The number of nitrogens with zero attached hydrogens (tertiary/aromatic N) is 2. The van der Waals surface area contributed by atoms with Crippen molar-refractivity contribution in [2.24, 2.45) is 0 Å². The number of carboxylic acid groups (broad SMARTS) is 1. The molecule has 0 radical (unpaired) electrons. The fraction of sp³-hybridized carbons (Fsp3) is 0.0833. The standard InChI is InChI=1S/C12H7F3N2O2/c13-12(14,15)9-2-1-8(10(17-9)11(18)19)7-3-5-16-6-4-7/h1-6H,(H,18,19). The van der Waals surface area contributed by atoms with Crippen LogP contribution in [0.1, 0.15) is 16.2 Å². The molecule has 0 saturated heterocycles. The lowest BCUT2D eigenvalue weighted by atomic mass is 10.0. The zero-order valence-corrected chi connectivity index (χ0v) is 9.35. The third kappa shape index (κ3) is 2.70. The van der Waals surface area contributed by atoms with E-state index in [0.717, 1.165) is 12.1 Å². The van der Waals surface area contributed by atoms with E-state index in [0.29, 0.717) is 5.56 Å². The summed E-state index contributed by atoms with van der Waals surface area (Å²) in [4.78, 5) is 18.0. The molecule has 2 heterocycles. The van der Waals surface area contributed by atoms with Gasteiger partial charge in [0.25, 0.3) is 0 Å². The minimum absolute atomic E-state index is 0.114. The Balaban J connectivity index is 2.61. The molecule has 2 aromatic heterocycles. The van der Waals surface area contributed by atoms with Crippen LogP contribution in [0, 0.1) is 0 Å². The monoisotopic (exact) mass is 268 g/mol. The average molecular weight is 268 g/mol. The maximum atomic E-state index is 12.5. The molecule has 0 spiro atoms. The number of hydrogen-bond acceptors (Lipinski definition) is 3. The summed E-state index contributed by atoms with van der Waals surface area (Å²) in [5.74, 6) is -1.52. The highest BCUT2D eigenvalue weighted by Crippen LogP contribution is 2.30. The van der Waals surface area contributed by atoms with Crippen molar-refractivity contribution in [3.63, 3.8) is 0 Å². The summed E-state index contributed by atoms with van der Waals surface area (Å²) in [6, 6.07) is 4.84. The van der Waals surface area contributed by atoms with E-state index in [-0.39, 0.29) is 5.56 Å². The molecule has 7 heteroatoms. The second-order valence-electron chi connectivity index (χ2n) is 3.63. The van der Waals surface area contributed by atoms with E-state index in [1.54, 1.807) is 0 Å². The van der Waals surface area contributed by atoms with E-state index in [1.807, 2.05) is 0 Å². The van der Waals surface area contributed by atoms with Crippen LogP contribution in [0.4, 0.5) is 13.2 Å². The average Bonchev–Trinajstić information content (AvgIpc) is 2.38. The summed E-state index contributed by atoms with van der Waals surface area (Å²) in [6.45, 7) is 0. The predicted molar refractivity (Wildman–Crippen MR) is 59.4 cm³/mol. The number of rotatable bonds is 2. The molecule has 1 N–H and O–H groups in total. The van der Waals surface area contributed by atoms with E-state index in [1.165, 1.54) is 24.5 Å². The lowest BCUT2D eigenvalue weighted by molar-refractivity contribution is -0.141. The minimum atomic E-state index is -4.68. The van der Waals surface area contributed by atoms with E-state index in [4.69, 9.17) is 5.11 Å². The molecule has 2 aromatic rings. The second kappa shape index (κ2) is 4.68. The van der Waals surface area contributed by atoms with Crippen molar-refractivity contribution in [2.75, 3.05) is 0 Å². The van der Waals surface area contributed by atoms with Gasteiger partial charge in [-0.15, -0.1) is 0 Å². The maximum absolute atomic E-state index is 12.5. The maximum Gasteiger partial charge on any atom is 0.433 e. The van der Waals surface area contributed by atoms with Gasteiger partial charge < -0.3 is 5.11 Å².